The largest absolute Gasteiger partial charge is 0.376 e. The summed E-state index contributed by atoms with van der Waals surface area (Å²) >= 11 is 0. The summed E-state index contributed by atoms with van der Waals surface area (Å²) in [6.45, 7) is 0.297. The topological polar surface area (TPSA) is 134 Å². The van der Waals surface area contributed by atoms with E-state index in [4.69, 9.17) is 15.3 Å². The van der Waals surface area contributed by atoms with Crippen LogP contribution in [0, 0.1) is 0 Å². The monoisotopic (exact) mass is 210 g/mol. The predicted molar refractivity (Wildman–Crippen MR) is 43.7 cm³/mol. The molecule has 0 radical (unpaired) electrons. The molecule has 0 bridgehead atoms. The van der Waals surface area contributed by atoms with Crippen molar-refractivity contribution in [2.24, 2.45) is 5.73 Å². The third-order valence-electron chi connectivity index (χ3n) is 1.16. The van der Waals surface area contributed by atoms with Crippen LogP contribution in [0.1, 0.15) is 0 Å². The second-order valence-corrected chi connectivity index (χ2v) is 2.22. The Bertz CT molecular complexity index is 156. The van der Waals surface area contributed by atoms with E-state index in [-0.39, 0.29) is 0 Å². The Kier molecular flexibility index (Phi) is 6.98. The molecule has 6 N–H and O–H groups in total. The first-order valence-corrected chi connectivity index (χ1v) is 3.81. The lowest BCUT2D eigenvalue weighted by Crippen LogP contribution is -2.37. The summed E-state index contributed by atoms with van der Waals surface area (Å²) in [7, 11) is 0. The summed E-state index contributed by atoms with van der Waals surface area (Å²) in [5.74, 6) is 0. The maximum absolute atomic E-state index is 9.55. The molecule has 0 saturated carbocycles. The number of carbonyl (C=O) groups excluding carboxylic acids is 1. The molecule has 84 valence electrons. The van der Waals surface area contributed by atoms with Crippen molar-refractivity contribution in [1.29, 1.82) is 0 Å². The molecule has 8 nitrogen and oxygen atoms in total. The molecule has 0 aliphatic carbocycles. The van der Waals surface area contributed by atoms with E-state index >= 15 is 0 Å². The summed E-state index contributed by atoms with van der Waals surface area (Å²) in [6.07, 6.45) is -2.33. The van der Waals surface area contributed by atoms with Gasteiger partial charge in [-0.3, -0.25) is 0 Å². The number of nitrogens with one attached hydrogen (secondary N) is 1. The van der Waals surface area contributed by atoms with E-state index in [1.165, 1.54) is 0 Å². The molecule has 8 heteroatoms. The minimum absolute atomic E-state index is 0.345. The van der Waals surface area contributed by atoms with Gasteiger partial charge >= 0.3 is 6.03 Å². The van der Waals surface area contributed by atoms with Crippen molar-refractivity contribution in [3.05, 3.63) is 0 Å². The Labute approximate surface area is 80.2 Å². The lowest BCUT2D eigenvalue weighted by atomic mass is 10.5. The smallest absolute Gasteiger partial charge is 0.313 e. The van der Waals surface area contributed by atoms with E-state index < -0.39 is 25.3 Å². The number of urea groups is 1. The van der Waals surface area contributed by atoms with Crippen LogP contribution in [0.3, 0.4) is 0 Å². The van der Waals surface area contributed by atoms with Crippen molar-refractivity contribution >= 4 is 6.03 Å². The molecular weight excluding hydrogens is 196 g/mol. The highest BCUT2D eigenvalue weighted by Gasteiger charge is 2.20. The van der Waals surface area contributed by atoms with E-state index in [1.807, 2.05) is 5.32 Å². The van der Waals surface area contributed by atoms with Gasteiger partial charge in [-0.1, -0.05) is 0 Å². The summed E-state index contributed by atoms with van der Waals surface area (Å²) in [5, 5.41) is 26.9. The van der Waals surface area contributed by atoms with E-state index in [0.717, 1.165) is 0 Å². The third kappa shape index (κ3) is 6.57. The minimum Gasteiger partial charge on any atom is -0.376 e. The molecule has 1 rings (SSSR count). The quantitative estimate of drug-likeness (QED) is 0.298. The maximum atomic E-state index is 9.55. The Morgan fingerprint density at radius 1 is 1.36 bits per heavy atom. The van der Waals surface area contributed by atoms with Gasteiger partial charge in [-0.25, -0.2) is 4.79 Å². The van der Waals surface area contributed by atoms with Gasteiger partial charge in [0.15, 0.2) is 0 Å². The maximum Gasteiger partial charge on any atom is 0.313 e. The highest BCUT2D eigenvalue weighted by molar-refractivity contribution is 5.71. The zero-order valence-electron chi connectivity index (χ0n) is 7.42. The van der Waals surface area contributed by atoms with Crippen molar-refractivity contribution in [2.45, 2.75) is 12.6 Å². The van der Waals surface area contributed by atoms with Gasteiger partial charge in [-0.2, -0.15) is 0 Å². The first-order chi connectivity index (χ1) is 6.57. The van der Waals surface area contributed by atoms with Crippen LogP contribution in [0.25, 0.3) is 0 Å². The number of hydrogen-bond donors (Lipinski definition) is 5. The number of carbonyl (C=O) groups is 1. The van der Waals surface area contributed by atoms with Gasteiger partial charge in [0.25, 0.3) is 0 Å². The van der Waals surface area contributed by atoms with Crippen LogP contribution in [0.2, 0.25) is 0 Å². The molecule has 1 saturated heterocycles. The molecule has 2 amide bonds. The molecule has 2 atom stereocenters. The van der Waals surface area contributed by atoms with Crippen LogP contribution < -0.4 is 11.1 Å². The molecule has 1 aliphatic heterocycles. The van der Waals surface area contributed by atoms with Gasteiger partial charge < -0.3 is 35.8 Å². The van der Waals surface area contributed by atoms with Crippen LogP contribution in [0.15, 0.2) is 0 Å². The second-order valence-electron chi connectivity index (χ2n) is 2.22. The van der Waals surface area contributed by atoms with Crippen LogP contribution >= 0.6 is 0 Å². The number of hydrogen-bond acceptors (Lipinski definition) is 6. The van der Waals surface area contributed by atoms with Crippen LogP contribution in [0.5, 0.6) is 0 Å². The van der Waals surface area contributed by atoms with Gasteiger partial charge in [-0.05, 0) is 0 Å². The average molecular weight is 210 g/mol. The number of aliphatic hydroxyl groups excluding tert-OH is 3. The van der Waals surface area contributed by atoms with Gasteiger partial charge in [-0.15, -0.1) is 0 Å². The van der Waals surface area contributed by atoms with E-state index in [0.29, 0.717) is 13.2 Å². The van der Waals surface area contributed by atoms with Gasteiger partial charge in [0.2, 0.25) is 12.6 Å². The summed E-state index contributed by atoms with van der Waals surface area (Å²) in [6, 6.07) is -0.711. The fourth-order valence-electron chi connectivity index (χ4n) is 0.580. The Morgan fingerprint density at radius 3 is 1.93 bits per heavy atom. The molecule has 1 fully saturated rings. The molecule has 0 aromatic heterocycles. The molecule has 1 heterocycles. The van der Waals surface area contributed by atoms with Gasteiger partial charge in [0, 0.05) is 0 Å². The number of nitrogens with two attached hydrogens (primary N) is 1. The minimum atomic E-state index is -1.16. The zero-order chi connectivity index (χ0) is 11.0. The summed E-state index contributed by atoms with van der Waals surface area (Å²) in [4.78, 5) is 9.55. The van der Waals surface area contributed by atoms with Crippen LogP contribution in [0.4, 0.5) is 4.79 Å². The third-order valence-corrected chi connectivity index (χ3v) is 1.16. The predicted octanol–water partition coefficient (Wildman–Crippen LogP) is -2.73. The number of amides is 2. The number of rotatable bonds is 1. The van der Waals surface area contributed by atoms with E-state index in [9.17, 15) is 4.79 Å². The molecule has 14 heavy (non-hydrogen) atoms. The van der Waals surface area contributed by atoms with Crippen molar-refractivity contribution in [3.8, 4) is 0 Å². The van der Waals surface area contributed by atoms with Crippen molar-refractivity contribution in [2.75, 3.05) is 19.9 Å². The Balaban J connectivity index is 0.000000255. The lowest BCUT2D eigenvalue weighted by Gasteiger charge is -2.23. The van der Waals surface area contributed by atoms with Crippen molar-refractivity contribution < 1.29 is 29.6 Å². The standard InChI is InChI=1S/C4H8O4.C2H6N2O2/c5-3-4(6)8-2-1-7-3;3-2(6)4-1-5/h3-6H,1-2H2;5H,1H2,(H3,3,4,6). The molecule has 1 aliphatic rings. The molecule has 0 aromatic rings. The fraction of sp³-hybridized carbons (Fsp3) is 0.833. The van der Waals surface area contributed by atoms with Crippen LogP contribution in [-0.2, 0) is 9.47 Å². The average Bonchev–Trinajstić information content (AvgIpc) is 2.11. The van der Waals surface area contributed by atoms with E-state index in [2.05, 4.69) is 15.2 Å². The fourth-order valence-corrected chi connectivity index (χ4v) is 0.580. The van der Waals surface area contributed by atoms with Crippen molar-refractivity contribution in [3.63, 3.8) is 0 Å². The molecular formula is C6H14N2O6. The van der Waals surface area contributed by atoms with Crippen LogP contribution in [-0.4, -0.2) is 53.9 Å². The first kappa shape index (κ1) is 13.1. The summed E-state index contributed by atoms with van der Waals surface area (Å²) in [5.41, 5.74) is 4.49. The number of aliphatic hydroxyl groups is 3. The zero-order valence-corrected chi connectivity index (χ0v) is 7.42. The Hall–Kier alpha value is -0.930. The van der Waals surface area contributed by atoms with Gasteiger partial charge in [0.05, 0.1) is 13.2 Å². The molecule has 0 spiro atoms. The number of ether oxygens (including phenoxy) is 2. The highest BCUT2D eigenvalue weighted by atomic mass is 16.7. The number of primary amides is 1. The molecule has 2 unspecified atom stereocenters. The second kappa shape index (κ2) is 7.47. The highest BCUT2D eigenvalue weighted by Crippen LogP contribution is 2.02. The van der Waals surface area contributed by atoms with E-state index in [1.54, 1.807) is 0 Å². The Morgan fingerprint density at radius 2 is 1.79 bits per heavy atom. The van der Waals surface area contributed by atoms with Crippen molar-refractivity contribution in [1.82, 2.24) is 5.32 Å². The summed E-state index contributed by atoms with van der Waals surface area (Å²) < 4.78 is 9.14. The van der Waals surface area contributed by atoms with Gasteiger partial charge in [0.1, 0.15) is 6.73 Å². The SMILES string of the molecule is NC(=O)NCO.OC1OCCOC1O. The lowest BCUT2D eigenvalue weighted by molar-refractivity contribution is -0.291. The first-order valence-electron chi connectivity index (χ1n) is 3.81. The normalized spacial score (nSPS) is 25.9. The molecule has 0 aromatic carbocycles.